The number of carbonyl (C=O) groups excluding carboxylic acids is 3. The van der Waals surface area contributed by atoms with Gasteiger partial charge in [-0.1, -0.05) is 22.0 Å². The Hall–Kier alpha value is -2.55. The first-order chi connectivity index (χ1) is 13.0. The van der Waals surface area contributed by atoms with Gasteiger partial charge >= 0.3 is 18.0 Å². The van der Waals surface area contributed by atoms with Gasteiger partial charge < -0.3 is 24.8 Å². The molecule has 1 aliphatic heterocycles. The minimum Gasteiger partial charge on any atom is -0.494 e. The fourth-order valence-electron chi connectivity index (χ4n) is 2.26. The summed E-state index contributed by atoms with van der Waals surface area (Å²) in [6.07, 6.45) is 0.630. The SMILES string of the molecule is CCOC(=O)C1=C(COC(=O)CCCOc2cccc(Br)c2)NC(=O)NC1. The molecule has 2 N–H and O–H groups in total. The van der Waals surface area contributed by atoms with Gasteiger partial charge in [-0.15, -0.1) is 0 Å². The van der Waals surface area contributed by atoms with Crippen LogP contribution in [0.2, 0.25) is 0 Å². The van der Waals surface area contributed by atoms with Crippen LogP contribution in [0.4, 0.5) is 4.79 Å². The standard InChI is InChI=1S/C18H21BrN2O6/c1-2-25-17(23)14-10-20-18(24)21-15(14)11-27-16(22)7-4-8-26-13-6-3-5-12(19)9-13/h3,5-6,9H,2,4,7-8,10-11H2,1H3,(H2,20,21,24). The number of ether oxygens (including phenoxy) is 3. The summed E-state index contributed by atoms with van der Waals surface area (Å²) in [4.78, 5) is 35.2. The van der Waals surface area contributed by atoms with Crippen LogP contribution in [0.15, 0.2) is 40.0 Å². The first-order valence-corrected chi connectivity index (χ1v) is 9.27. The van der Waals surface area contributed by atoms with Crippen molar-refractivity contribution in [3.05, 3.63) is 40.0 Å². The van der Waals surface area contributed by atoms with E-state index in [9.17, 15) is 14.4 Å². The van der Waals surface area contributed by atoms with E-state index in [0.717, 1.165) is 4.47 Å². The van der Waals surface area contributed by atoms with E-state index in [1.54, 1.807) is 6.92 Å². The number of esters is 2. The van der Waals surface area contributed by atoms with Gasteiger partial charge in [0.25, 0.3) is 0 Å². The average molecular weight is 441 g/mol. The molecule has 0 saturated heterocycles. The molecule has 2 amide bonds. The number of nitrogens with one attached hydrogen (secondary N) is 2. The second-order valence-corrected chi connectivity index (χ2v) is 6.47. The predicted octanol–water partition coefficient (Wildman–Crippen LogP) is 2.28. The van der Waals surface area contributed by atoms with Crippen molar-refractivity contribution in [2.24, 2.45) is 0 Å². The maximum Gasteiger partial charge on any atom is 0.337 e. The molecule has 1 aromatic rings. The highest BCUT2D eigenvalue weighted by molar-refractivity contribution is 9.10. The summed E-state index contributed by atoms with van der Waals surface area (Å²) < 4.78 is 16.5. The second-order valence-electron chi connectivity index (χ2n) is 5.56. The summed E-state index contributed by atoms with van der Waals surface area (Å²) in [6.45, 7) is 2.08. The summed E-state index contributed by atoms with van der Waals surface area (Å²) >= 11 is 3.36. The molecule has 0 unspecified atom stereocenters. The predicted molar refractivity (Wildman–Crippen MR) is 100 cm³/mol. The molecule has 0 aliphatic carbocycles. The van der Waals surface area contributed by atoms with Crippen molar-refractivity contribution >= 4 is 33.9 Å². The van der Waals surface area contributed by atoms with Gasteiger partial charge in [-0.3, -0.25) is 4.79 Å². The third-order valence-electron chi connectivity index (χ3n) is 3.54. The molecular weight excluding hydrogens is 420 g/mol. The fraction of sp³-hybridized carbons (Fsp3) is 0.389. The van der Waals surface area contributed by atoms with Gasteiger partial charge in [0.05, 0.1) is 31.0 Å². The Morgan fingerprint density at radius 3 is 2.81 bits per heavy atom. The van der Waals surface area contributed by atoms with Crippen molar-refractivity contribution in [3.8, 4) is 5.75 Å². The lowest BCUT2D eigenvalue weighted by molar-refractivity contribution is -0.143. The molecule has 0 saturated carbocycles. The number of carbonyl (C=O) groups is 3. The Balaban J connectivity index is 1.77. The zero-order chi connectivity index (χ0) is 19.6. The number of hydrogen-bond acceptors (Lipinski definition) is 6. The Bertz CT molecular complexity index is 734. The molecule has 0 atom stereocenters. The van der Waals surface area contributed by atoms with E-state index in [4.69, 9.17) is 14.2 Å². The molecule has 146 valence electrons. The summed E-state index contributed by atoms with van der Waals surface area (Å²) in [7, 11) is 0. The second kappa shape index (κ2) is 10.6. The Morgan fingerprint density at radius 1 is 1.26 bits per heavy atom. The molecule has 1 heterocycles. The maximum absolute atomic E-state index is 11.9. The van der Waals surface area contributed by atoms with Crippen LogP contribution in [-0.4, -0.2) is 44.3 Å². The van der Waals surface area contributed by atoms with Gasteiger partial charge in [0.15, 0.2) is 0 Å². The topological polar surface area (TPSA) is 103 Å². The van der Waals surface area contributed by atoms with E-state index < -0.39 is 18.0 Å². The quantitative estimate of drug-likeness (QED) is 0.450. The minimum atomic E-state index is -0.557. The number of hydrogen-bond donors (Lipinski definition) is 2. The van der Waals surface area contributed by atoms with E-state index in [2.05, 4.69) is 26.6 Å². The summed E-state index contributed by atoms with van der Waals surface area (Å²) in [5.41, 5.74) is 0.471. The van der Waals surface area contributed by atoms with Crippen molar-refractivity contribution in [1.29, 1.82) is 0 Å². The van der Waals surface area contributed by atoms with Gasteiger partial charge in [0.2, 0.25) is 0 Å². The van der Waals surface area contributed by atoms with E-state index >= 15 is 0 Å². The minimum absolute atomic E-state index is 0.0258. The molecule has 2 rings (SSSR count). The lowest BCUT2D eigenvalue weighted by atomic mass is 10.1. The molecule has 1 aromatic carbocycles. The van der Waals surface area contributed by atoms with Crippen LogP contribution in [0, 0.1) is 0 Å². The summed E-state index contributed by atoms with van der Waals surface area (Å²) in [5, 5.41) is 4.96. The third kappa shape index (κ3) is 6.93. The molecule has 0 spiro atoms. The number of halogens is 1. The molecule has 0 aromatic heterocycles. The van der Waals surface area contributed by atoms with Crippen LogP contribution in [-0.2, 0) is 19.1 Å². The monoisotopic (exact) mass is 440 g/mol. The molecule has 0 bridgehead atoms. The molecule has 0 fully saturated rings. The lowest BCUT2D eigenvalue weighted by Crippen LogP contribution is -2.45. The van der Waals surface area contributed by atoms with Crippen molar-refractivity contribution in [2.45, 2.75) is 19.8 Å². The first-order valence-electron chi connectivity index (χ1n) is 8.47. The Kier molecular flexibility index (Phi) is 8.12. The Labute approximate surface area is 165 Å². The van der Waals surface area contributed by atoms with Crippen molar-refractivity contribution in [1.82, 2.24) is 10.6 Å². The first kappa shape index (κ1) is 20.8. The summed E-state index contributed by atoms with van der Waals surface area (Å²) in [6, 6.07) is 6.95. The molecule has 1 aliphatic rings. The van der Waals surface area contributed by atoms with Gasteiger partial charge in [0, 0.05) is 10.9 Å². The number of urea groups is 1. The largest absolute Gasteiger partial charge is 0.494 e. The van der Waals surface area contributed by atoms with Crippen LogP contribution in [0.1, 0.15) is 19.8 Å². The number of rotatable bonds is 9. The maximum atomic E-state index is 11.9. The highest BCUT2D eigenvalue weighted by Crippen LogP contribution is 2.18. The van der Waals surface area contributed by atoms with Crippen molar-refractivity contribution in [3.63, 3.8) is 0 Å². The van der Waals surface area contributed by atoms with Gasteiger partial charge in [-0.05, 0) is 31.5 Å². The van der Waals surface area contributed by atoms with E-state index in [-0.39, 0.29) is 37.4 Å². The highest BCUT2D eigenvalue weighted by Gasteiger charge is 2.24. The van der Waals surface area contributed by atoms with E-state index in [1.807, 2.05) is 24.3 Å². The molecular formula is C18H21BrN2O6. The van der Waals surface area contributed by atoms with Crippen LogP contribution in [0.25, 0.3) is 0 Å². The third-order valence-corrected chi connectivity index (χ3v) is 4.04. The van der Waals surface area contributed by atoms with Crippen LogP contribution in [0.3, 0.4) is 0 Å². The average Bonchev–Trinajstić information content (AvgIpc) is 2.64. The number of amides is 2. The van der Waals surface area contributed by atoms with Gasteiger partial charge in [-0.25, -0.2) is 9.59 Å². The highest BCUT2D eigenvalue weighted by atomic mass is 79.9. The van der Waals surface area contributed by atoms with E-state index in [0.29, 0.717) is 18.8 Å². The summed E-state index contributed by atoms with van der Waals surface area (Å²) in [5.74, 6) is -0.297. The Morgan fingerprint density at radius 2 is 2.07 bits per heavy atom. The lowest BCUT2D eigenvalue weighted by Gasteiger charge is -2.21. The molecule has 0 radical (unpaired) electrons. The van der Waals surface area contributed by atoms with Crippen LogP contribution >= 0.6 is 15.9 Å². The van der Waals surface area contributed by atoms with Crippen LogP contribution in [0.5, 0.6) is 5.75 Å². The van der Waals surface area contributed by atoms with Crippen molar-refractivity contribution < 1.29 is 28.6 Å². The smallest absolute Gasteiger partial charge is 0.337 e. The van der Waals surface area contributed by atoms with Gasteiger partial charge in [0.1, 0.15) is 12.4 Å². The molecule has 8 nitrogen and oxygen atoms in total. The number of benzene rings is 1. The fourth-order valence-corrected chi connectivity index (χ4v) is 2.64. The van der Waals surface area contributed by atoms with Crippen molar-refractivity contribution in [2.75, 3.05) is 26.4 Å². The van der Waals surface area contributed by atoms with E-state index in [1.165, 1.54) is 0 Å². The van der Waals surface area contributed by atoms with Gasteiger partial charge in [-0.2, -0.15) is 0 Å². The molecule has 9 heteroatoms. The van der Waals surface area contributed by atoms with Crippen LogP contribution < -0.4 is 15.4 Å². The normalized spacial score (nSPS) is 13.5. The zero-order valence-corrected chi connectivity index (χ0v) is 16.5. The zero-order valence-electron chi connectivity index (χ0n) is 14.9. The molecule has 27 heavy (non-hydrogen) atoms.